The molecule has 2 N–H and O–H groups in total. The zero-order chi connectivity index (χ0) is 15.3. The maximum absolute atomic E-state index is 12.3. The van der Waals surface area contributed by atoms with Crippen LogP contribution in [0.25, 0.3) is 0 Å². The minimum Gasteiger partial charge on any atom is -0.356 e. The number of nitrogens with one attached hydrogen (secondary N) is 2. The van der Waals surface area contributed by atoms with Gasteiger partial charge in [-0.05, 0) is 50.7 Å². The number of piperidine rings is 1. The van der Waals surface area contributed by atoms with Crippen LogP contribution in [-0.4, -0.2) is 56.3 Å². The molecule has 2 aliphatic rings. The molecule has 0 aromatic rings. The fraction of sp³-hybridized carbons (Fsp3) is 0.929. The fourth-order valence-corrected chi connectivity index (χ4v) is 3.16. The summed E-state index contributed by atoms with van der Waals surface area (Å²) in [7, 11) is 0. The van der Waals surface area contributed by atoms with Gasteiger partial charge in [-0.25, -0.2) is 0 Å². The number of rotatable bonds is 5. The van der Waals surface area contributed by atoms with Gasteiger partial charge in [0.1, 0.15) is 0 Å². The molecular formula is C14H24F3N3O. The highest BCUT2D eigenvalue weighted by Crippen LogP contribution is 2.22. The summed E-state index contributed by atoms with van der Waals surface area (Å²) in [6.45, 7) is 2.48. The predicted molar refractivity (Wildman–Crippen MR) is 73.8 cm³/mol. The van der Waals surface area contributed by atoms with Gasteiger partial charge in [0.2, 0.25) is 5.91 Å². The maximum Gasteiger partial charge on any atom is 0.401 e. The van der Waals surface area contributed by atoms with Crippen molar-refractivity contribution in [3.63, 3.8) is 0 Å². The molecule has 0 bridgehead atoms. The van der Waals surface area contributed by atoms with E-state index >= 15 is 0 Å². The largest absolute Gasteiger partial charge is 0.401 e. The number of hydrogen-bond donors (Lipinski definition) is 2. The van der Waals surface area contributed by atoms with Gasteiger partial charge in [-0.2, -0.15) is 13.2 Å². The minimum absolute atomic E-state index is 0.0381. The fourth-order valence-electron chi connectivity index (χ4n) is 3.16. The van der Waals surface area contributed by atoms with E-state index in [2.05, 4.69) is 10.6 Å². The molecule has 1 unspecified atom stereocenters. The van der Waals surface area contributed by atoms with Crippen molar-refractivity contribution in [3.05, 3.63) is 0 Å². The Balaban J connectivity index is 1.61. The number of amides is 1. The van der Waals surface area contributed by atoms with Crippen LogP contribution in [0.3, 0.4) is 0 Å². The van der Waals surface area contributed by atoms with Crippen LogP contribution < -0.4 is 10.6 Å². The quantitative estimate of drug-likeness (QED) is 0.806. The lowest BCUT2D eigenvalue weighted by Gasteiger charge is -2.22. The summed E-state index contributed by atoms with van der Waals surface area (Å²) >= 11 is 0. The van der Waals surface area contributed by atoms with E-state index in [1.54, 1.807) is 0 Å². The van der Waals surface area contributed by atoms with Crippen LogP contribution in [0.2, 0.25) is 0 Å². The summed E-state index contributed by atoms with van der Waals surface area (Å²) < 4.78 is 36.9. The molecule has 7 heteroatoms. The van der Waals surface area contributed by atoms with E-state index in [4.69, 9.17) is 0 Å². The Morgan fingerprint density at radius 2 is 1.90 bits per heavy atom. The van der Waals surface area contributed by atoms with E-state index in [0.29, 0.717) is 32.0 Å². The van der Waals surface area contributed by atoms with E-state index in [0.717, 1.165) is 32.4 Å². The Kier molecular flexibility index (Phi) is 5.87. The average Bonchev–Trinajstić information content (AvgIpc) is 2.83. The summed E-state index contributed by atoms with van der Waals surface area (Å²) in [5, 5.41) is 6.15. The molecule has 0 aromatic carbocycles. The number of hydrogen-bond acceptors (Lipinski definition) is 3. The van der Waals surface area contributed by atoms with Gasteiger partial charge in [0.05, 0.1) is 6.54 Å². The zero-order valence-electron chi connectivity index (χ0n) is 12.2. The monoisotopic (exact) mass is 307 g/mol. The maximum atomic E-state index is 12.3. The van der Waals surface area contributed by atoms with E-state index in [1.807, 2.05) is 0 Å². The molecule has 2 rings (SSSR count). The summed E-state index contributed by atoms with van der Waals surface area (Å²) in [5.74, 6) is 0.622. The topological polar surface area (TPSA) is 44.4 Å². The molecule has 122 valence electrons. The van der Waals surface area contributed by atoms with Gasteiger partial charge in [-0.3, -0.25) is 9.69 Å². The Labute approximate surface area is 123 Å². The van der Waals surface area contributed by atoms with Crippen LogP contribution in [0.15, 0.2) is 0 Å². The third kappa shape index (κ3) is 6.22. The first-order valence-electron chi connectivity index (χ1n) is 7.69. The van der Waals surface area contributed by atoms with Crippen LogP contribution in [0, 0.1) is 11.8 Å². The van der Waals surface area contributed by atoms with E-state index in [9.17, 15) is 18.0 Å². The molecule has 21 heavy (non-hydrogen) atoms. The van der Waals surface area contributed by atoms with Gasteiger partial charge >= 0.3 is 6.18 Å². The lowest BCUT2D eigenvalue weighted by Crippen LogP contribution is -2.36. The Morgan fingerprint density at radius 1 is 1.19 bits per heavy atom. The van der Waals surface area contributed by atoms with Crippen molar-refractivity contribution in [3.8, 4) is 0 Å². The SMILES string of the molecule is O=C(CC1CCNCC1)NCC1CCN(CC(F)(F)F)C1. The Hall–Kier alpha value is -0.820. The summed E-state index contributed by atoms with van der Waals surface area (Å²) in [6, 6.07) is 0. The first kappa shape index (κ1) is 16.5. The van der Waals surface area contributed by atoms with Crippen LogP contribution in [-0.2, 0) is 4.79 Å². The second-order valence-electron chi connectivity index (χ2n) is 6.21. The van der Waals surface area contributed by atoms with Crippen LogP contribution >= 0.6 is 0 Å². The van der Waals surface area contributed by atoms with Gasteiger partial charge in [-0.15, -0.1) is 0 Å². The van der Waals surface area contributed by atoms with Crippen molar-refractivity contribution < 1.29 is 18.0 Å². The molecule has 0 spiro atoms. The second kappa shape index (κ2) is 7.45. The first-order chi connectivity index (χ1) is 9.92. The predicted octanol–water partition coefficient (Wildman–Crippen LogP) is 1.38. The molecular weight excluding hydrogens is 283 g/mol. The van der Waals surface area contributed by atoms with Gasteiger partial charge < -0.3 is 10.6 Å². The van der Waals surface area contributed by atoms with Crippen molar-refractivity contribution in [2.75, 3.05) is 39.3 Å². The molecule has 4 nitrogen and oxygen atoms in total. The van der Waals surface area contributed by atoms with Gasteiger partial charge in [-0.1, -0.05) is 0 Å². The van der Waals surface area contributed by atoms with Crippen LogP contribution in [0.4, 0.5) is 13.2 Å². The Bertz CT molecular complexity index is 343. The third-order valence-electron chi connectivity index (χ3n) is 4.29. The number of alkyl halides is 3. The summed E-state index contributed by atoms with van der Waals surface area (Å²) in [4.78, 5) is 13.3. The normalized spacial score (nSPS) is 25.2. The van der Waals surface area contributed by atoms with Crippen LogP contribution in [0.1, 0.15) is 25.7 Å². The minimum atomic E-state index is -4.13. The van der Waals surface area contributed by atoms with Crippen molar-refractivity contribution in [2.45, 2.75) is 31.9 Å². The Morgan fingerprint density at radius 3 is 2.57 bits per heavy atom. The molecule has 0 aromatic heterocycles. The highest BCUT2D eigenvalue weighted by molar-refractivity contribution is 5.76. The number of carbonyl (C=O) groups is 1. The number of likely N-dealkylation sites (tertiary alicyclic amines) is 1. The number of halogens is 3. The van der Waals surface area contributed by atoms with E-state index in [1.165, 1.54) is 4.90 Å². The summed E-state index contributed by atoms with van der Waals surface area (Å²) in [5.41, 5.74) is 0. The molecule has 2 fully saturated rings. The standard InChI is InChI=1S/C14H24F3N3O/c15-14(16,17)10-20-6-3-12(9-20)8-19-13(21)7-11-1-4-18-5-2-11/h11-12,18H,1-10H2,(H,19,21). The highest BCUT2D eigenvalue weighted by Gasteiger charge is 2.34. The zero-order valence-corrected chi connectivity index (χ0v) is 12.2. The molecule has 2 aliphatic heterocycles. The summed E-state index contributed by atoms with van der Waals surface area (Å²) in [6.07, 6.45) is -0.816. The van der Waals surface area contributed by atoms with E-state index in [-0.39, 0.29) is 11.8 Å². The molecule has 0 saturated carbocycles. The lowest BCUT2D eigenvalue weighted by atomic mass is 9.94. The molecule has 2 saturated heterocycles. The third-order valence-corrected chi connectivity index (χ3v) is 4.29. The van der Waals surface area contributed by atoms with Gasteiger partial charge in [0.25, 0.3) is 0 Å². The number of carbonyl (C=O) groups excluding carboxylic acids is 1. The molecule has 1 atom stereocenters. The molecule has 0 radical (unpaired) electrons. The van der Waals surface area contributed by atoms with Crippen molar-refractivity contribution in [2.24, 2.45) is 11.8 Å². The van der Waals surface area contributed by atoms with Gasteiger partial charge in [0.15, 0.2) is 0 Å². The smallest absolute Gasteiger partial charge is 0.356 e. The van der Waals surface area contributed by atoms with Gasteiger partial charge in [0, 0.05) is 19.5 Å². The highest BCUT2D eigenvalue weighted by atomic mass is 19.4. The van der Waals surface area contributed by atoms with Crippen molar-refractivity contribution in [1.29, 1.82) is 0 Å². The van der Waals surface area contributed by atoms with Crippen LogP contribution in [0.5, 0.6) is 0 Å². The van der Waals surface area contributed by atoms with E-state index < -0.39 is 12.7 Å². The first-order valence-corrected chi connectivity index (χ1v) is 7.69. The lowest BCUT2D eigenvalue weighted by molar-refractivity contribution is -0.143. The molecule has 2 heterocycles. The molecule has 0 aliphatic carbocycles. The van der Waals surface area contributed by atoms with Crippen molar-refractivity contribution in [1.82, 2.24) is 15.5 Å². The van der Waals surface area contributed by atoms with Crippen molar-refractivity contribution >= 4 is 5.91 Å². The number of nitrogens with zero attached hydrogens (tertiary/aromatic N) is 1. The second-order valence-corrected chi connectivity index (χ2v) is 6.21. The molecule has 1 amide bonds. The average molecular weight is 307 g/mol.